The van der Waals surface area contributed by atoms with Crippen LogP contribution in [0.4, 0.5) is 56.8 Å². The second kappa shape index (κ2) is 55.1. The maximum absolute atomic E-state index is 14.7. The Hall–Kier alpha value is -9.59. The zero-order valence-electron chi connectivity index (χ0n) is 67.6. The van der Waals surface area contributed by atoms with Crippen LogP contribution in [0.3, 0.4) is 0 Å². The Bertz CT molecular complexity index is 3970. The van der Waals surface area contributed by atoms with E-state index < -0.39 is 5.97 Å². The number of benzene rings is 2. The number of carbonyl (C=O) groups excluding carboxylic acids is 5. The molecule has 6 aromatic heterocycles. The number of rotatable bonds is 11. The number of methoxy groups -OCH3 is 3. The normalized spacial score (nSPS) is 14.5. The third-order valence-electron chi connectivity index (χ3n) is 17.2. The average Bonchev–Trinajstić information content (AvgIpc) is 1.70. The number of alkyl halides is 1. The Kier molecular flexibility index (Phi) is 49.6. The molecule has 0 spiro atoms. The number of piperidine rings is 4. The molecule has 0 bridgehead atoms. The number of carbonyl (C=O) groups is 6. The van der Waals surface area contributed by atoms with Gasteiger partial charge in [-0.1, -0.05) is 59.8 Å². The molecule has 116 heavy (non-hydrogen) atoms. The molecule has 8 aromatic rings. The third-order valence-corrected chi connectivity index (χ3v) is 19.5. The van der Waals surface area contributed by atoms with Crippen molar-refractivity contribution in [1.29, 1.82) is 0 Å². The molecule has 5 fully saturated rings. The van der Waals surface area contributed by atoms with Crippen molar-refractivity contribution < 1.29 is 71.9 Å². The molecule has 644 valence electrons. The fourth-order valence-corrected chi connectivity index (χ4v) is 12.7. The number of carboxylic acids is 1. The molecular formula is C79H123BBrF3N18O12S2. The second-order valence-corrected chi connectivity index (χ2v) is 29.0. The molecule has 30 nitrogen and oxygen atoms in total. The summed E-state index contributed by atoms with van der Waals surface area (Å²) in [6.45, 7) is 26.2. The van der Waals surface area contributed by atoms with Gasteiger partial charge in [0.1, 0.15) is 11.6 Å². The Morgan fingerprint density at radius 2 is 0.741 bits per heavy atom. The van der Waals surface area contributed by atoms with Crippen LogP contribution in [0.15, 0.2) is 78.3 Å². The summed E-state index contributed by atoms with van der Waals surface area (Å²) in [5.74, 6) is 0.752. The number of ether oxygens (including phenoxy) is 3. The number of nitrogens with one attached hydrogen (secondary N) is 4. The van der Waals surface area contributed by atoms with E-state index in [9.17, 15) is 37.1 Å². The molecule has 5 aliphatic heterocycles. The van der Waals surface area contributed by atoms with Crippen LogP contribution in [0.1, 0.15) is 185 Å². The first kappa shape index (κ1) is 104. The van der Waals surface area contributed by atoms with Crippen molar-refractivity contribution in [2.24, 2.45) is 0 Å². The van der Waals surface area contributed by atoms with Crippen molar-refractivity contribution in [3.63, 3.8) is 0 Å². The molecule has 5 aliphatic rings. The van der Waals surface area contributed by atoms with Crippen LogP contribution >= 0.6 is 38.6 Å². The minimum Gasteiger partial charge on any atom is -0.481 e. The van der Waals surface area contributed by atoms with Crippen LogP contribution in [0.2, 0.25) is 0 Å². The Labute approximate surface area is 701 Å². The number of thiazole rings is 2. The van der Waals surface area contributed by atoms with Crippen LogP contribution < -0.4 is 46.3 Å². The van der Waals surface area contributed by atoms with Gasteiger partial charge >= 0.3 is 37.1 Å². The van der Waals surface area contributed by atoms with Crippen molar-refractivity contribution >= 4 is 142 Å². The van der Waals surface area contributed by atoms with E-state index in [1.165, 1.54) is 136 Å². The van der Waals surface area contributed by atoms with Crippen LogP contribution in [0.25, 0.3) is 42.7 Å². The van der Waals surface area contributed by atoms with E-state index in [1.807, 2.05) is 26.2 Å². The summed E-state index contributed by atoms with van der Waals surface area (Å²) >= 11 is 5.79. The van der Waals surface area contributed by atoms with Gasteiger partial charge in [-0.3, -0.25) is 34.2 Å². The Morgan fingerprint density at radius 1 is 0.491 bits per heavy atom. The summed E-state index contributed by atoms with van der Waals surface area (Å²) in [4.78, 5) is 114. The molecule has 37 heteroatoms. The van der Waals surface area contributed by atoms with Gasteiger partial charge < -0.3 is 58.9 Å². The van der Waals surface area contributed by atoms with Crippen molar-refractivity contribution in [2.45, 2.75) is 195 Å². The first-order valence-corrected chi connectivity index (χ1v) is 38.8. The number of amides is 4. The van der Waals surface area contributed by atoms with E-state index in [-0.39, 0.29) is 89.6 Å². The summed E-state index contributed by atoms with van der Waals surface area (Å²) in [7, 11) is 5.41. The zero-order valence-corrected chi connectivity index (χ0v) is 69.8. The first-order valence-electron chi connectivity index (χ1n) is 37.4. The zero-order chi connectivity index (χ0) is 83.6. The predicted molar refractivity (Wildman–Crippen MR) is 465 cm³/mol. The van der Waals surface area contributed by atoms with Gasteiger partial charge in [0.2, 0.25) is 23.8 Å². The highest BCUT2D eigenvalue weighted by Gasteiger charge is 2.52. The predicted octanol–water partition coefficient (Wildman–Crippen LogP) is 16.4. The molecule has 0 saturated carbocycles. The summed E-state index contributed by atoms with van der Waals surface area (Å²) in [6, 6.07) is 5.55. The lowest BCUT2D eigenvalue weighted by Crippen LogP contribution is -2.41. The smallest absolute Gasteiger partial charge is 0.481 e. The van der Waals surface area contributed by atoms with Gasteiger partial charge in [-0.2, -0.15) is 0 Å². The molecule has 5 N–H and O–H groups in total. The number of hydrogen-bond donors (Lipinski definition) is 5. The van der Waals surface area contributed by atoms with Gasteiger partial charge in [0.15, 0.2) is 10.3 Å². The van der Waals surface area contributed by atoms with Crippen LogP contribution in [0, 0.1) is 11.6 Å². The van der Waals surface area contributed by atoms with Crippen molar-refractivity contribution in [1.82, 2.24) is 60.5 Å². The highest BCUT2D eigenvalue weighted by atomic mass is 79.9. The van der Waals surface area contributed by atoms with Gasteiger partial charge in [-0.15, -0.1) is 0 Å². The third kappa shape index (κ3) is 35.5. The maximum Gasteiger partial charge on any atom is 0.498 e. The van der Waals surface area contributed by atoms with E-state index in [1.54, 1.807) is 49.3 Å². The number of urea groups is 2. The second-order valence-electron chi connectivity index (χ2n) is 26.1. The number of aromatic nitrogens is 10. The molecule has 13 rings (SSSR count). The van der Waals surface area contributed by atoms with Gasteiger partial charge in [-0.05, 0) is 159 Å². The fourth-order valence-electron chi connectivity index (χ4n) is 10.7. The van der Waals surface area contributed by atoms with Gasteiger partial charge in [-0.25, -0.2) is 68.2 Å². The van der Waals surface area contributed by atoms with Crippen LogP contribution in [-0.2, 0) is 42.7 Å². The van der Waals surface area contributed by atoms with E-state index >= 15 is 0 Å². The summed E-state index contributed by atoms with van der Waals surface area (Å²) in [6.07, 6.45) is 28.6. The lowest BCUT2D eigenvalue weighted by molar-refractivity contribution is -0.138. The van der Waals surface area contributed by atoms with E-state index in [0.717, 1.165) is 107 Å². The molecular weight excluding hydrogens is 1600 g/mol. The van der Waals surface area contributed by atoms with Crippen molar-refractivity contribution in [2.75, 3.05) is 124 Å². The maximum atomic E-state index is 14.7. The van der Waals surface area contributed by atoms with E-state index in [2.05, 4.69) is 149 Å². The number of fused-ring (bicyclic) bond motifs is 2. The molecule has 11 heterocycles. The number of halogens is 4. The Balaban J connectivity index is 0.00000142. The summed E-state index contributed by atoms with van der Waals surface area (Å²) < 4.78 is 71.2. The number of nitrogens with zero attached hydrogens (tertiary/aromatic N) is 14. The molecule has 0 aliphatic carbocycles. The van der Waals surface area contributed by atoms with Crippen LogP contribution in [0.5, 0.6) is 0 Å². The van der Waals surface area contributed by atoms with Gasteiger partial charge in [0, 0.05) is 172 Å². The summed E-state index contributed by atoms with van der Waals surface area (Å²) in [5.41, 5.74) is 3.46. The van der Waals surface area contributed by atoms with Crippen LogP contribution in [-0.4, -0.2) is 203 Å². The molecule has 2 aromatic carbocycles. The minimum absolute atomic E-state index is 0. The van der Waals surface area contributed by atoms with Gasteiger partial charge in [0.05, 0.1) is 64.6 Å². The molecule has 0 atom stereocenters. The molecule has 4 amide bonds. The highest BCUT2D eigenvalue weighted by molar-refractivity contribution is 9.10. The average molecular weight is 1730 g/mol. The number of esters is 3. The first-order chi connectivity index (χ1) is 54.1. The van der Waals surface area contributed by atoms with Crippen molar-refractivity contribution in [3.05, 3.63) is 89.9 Å². The quantitative estimate of drug-likeness (QED) is 0.0456. The topological polar surface area (TPSA) is 359 Å². The lowest BCUT2D eigenvalue weighted by Gasteiger charge is -2.32. The fraction of sp³-hybridized carbons (Fsp3) is 0.544. The standard InChI is InChI=1S/2C19H21FN6OS.C15H24BN3O2.C9H12BrN3.3C3H6O2.C2H4O2.CH3F.5CH4/c2*1-2-21-18(27)25-19-24-15-8-13(14(20)9-16(15)28-19)12-10-22-17(23-11-12)26-6-4-3-5-7-26;1-14(2)15(3,4)21-16(20-14)12-10-17-13(18-11-12)19-8-6-5-7-9-19;10-8-6-11-9(12-7-8)13-4-2-1-3-5-13;3*1-3(4)5-2;1-2(3)4;1-2;;;;;/h2*8-11H,2-7H2,1H3,(H2,21,24,25,27);10-11H,5-9H2,1-4H3;6-7H,1-5H2;3*1-2H3;1H3,(H,3,4);1H3;5*1H4/i;;;;;;;;;1D;;;;. The molecule has 5 saturated heterocycles. The SMILES string of the molecule is Brc1cnc(N2CCCCC2)nc1.C.C.C.C.CC(=O)O.CC1(C)OB(c2cnc(N3CCCCC3)nc2)OC1(C)C.CCNC(=O)Nc1nc2cc(-c3cnc(N4CCCCC4)nc3)c(F)cc2s1.CCNC(=O)Nc1nc2cc(-c3cnc(N4CCCCC4)nc3)c(F)cc2s1.CF.COC(C)=O.COC(C)=O.COC(C)=O.[2H]C. The Morgan fingerprint density at radius 3 is 0.991 bits per heavy atom. The number of carboxylic acid groups (broad SMARTS) is 1. The lowest BCUT2D eigenvalue weighted by atomic mass is 9.81. The number of aliphatic carboxylic acids is 1. The number of anilines is 6. The number of hydrogen-bond acceptors (Lipinski definition) is 27. The largest absolute Gasteiger partial charge is 0.498 e. The van der Waals surface area contributed by atoms with E-state index in [0.29, 0.717) is 85.1 Å². The van der Waals surface area contributed by atoms with Crippen molar-refractivity contribution in [3.8, 4) is 22.3 Å². The highest BCUT2D eigenvalue weighted by Crippen LogP contribution is 2.38. The molecule has 0 radical (unpaired) electrons. The minimum atomic E-state index is -0.833. The van der Waals surface area contributed by atoms with Gasteiger partial charge in [0.25, 0.3) is 5.97 Å². The van der Waals surface area contributed by atoms with E-state index in [4.69, 9.17) is 20.6 Å². The summed E-state index contributed by atoms with van der Waals surface area (Å²) in [5, 5.41) is 18.9. The molecule has 0 unspecified atom stereocenters. The monoisotopic (exact) mass is 1730 g/mol.